The minimum Gasteiger partial charge on any atom is -0.464 e. The predicted molar refractivity (Wildman–Crippen MR) is 74.0 cm³/mol. The molecule has 2 heterocycles. The average molecular weight is 273 g/mol. The lowest BCUT2D eigenvalue weighted by Crippen LogP contribution is -2.54. The summed E-state index contributed by atoms with van der Waals surface area (Å²) in [5, 5.41) is 0. The van der Waals surface area contributed by atoms with Crippen LogP contribution in [0, 0.1) is 0 Å². The molecular formula is C16H19NO3. The fourth-order valence-corrected chi connectivity index (χ4v) is 3.67. The second kappa shape index (κ2) is 5.27. The van der Waals surface area contributed by atoms with Gasteiger partial charge in [0.2, 0.25) is 5.91 Å². The van der Waals surface area contributed by atoms with Gasteiger partial charge in [-0.3, -0.25) is 9.59 Å². The molecular weight excluding hydrogens is 254 g/mol. The Kier molecular flexibility index (Phi) is 3.47. The first-order valence-corrected chi connectivity index (χ1v) is 7.17. The summed E-state index contributed by atoms with van der Waals surface area (Å²) in [5.41, 5.74) is 1.07. The van der Waals surface area contributed by atoms with Gasteiger partial charge in [0.25, 0.3) is 6.47 Å². The molecule has 20 heavy (non-hydrogen) atoms. The lowest BCUT2D eigenvalue weighted by molar-refractivity contribution is -0.143. The molecule has 2 atom stereocenters. The van der Waals surface area contributed by atoms with E-state index in [1.807, 2.05) is 23.1 Å². The smallest absolute Gasteiger partial charge is 0.293 e. The van der Waals surface area contributed by atoms with E-state index in [1.165, 1.54) is 5.56 Å². The molecule has 0 unspecified atom stereocenters. The van der Waals surface area contributed by atoms with Gasteiger partial charge in [-0.25, -0.2) is 0 Å². The Labute approximate surface area is 118 Å². The Morgan fingerprint density at radius 2 is 2.15 bits per heavy atom. The molecule has 1 aromatic carbocycles. The predicted octanol–water partition coefficient (Wildman–Crippen LogP) is 1.93. The highest BCUT2D eigenvalue weighted by Crippen LogP contribution is 2.41. The van der Waals surface area contributed by atoms with Crippen LogP contribution in [-0.4, -0.2) is 35.5 Å². The summed E-state index contributed by atoms with van der Waals surface area (Å²) in [6.07, 6.45) is 3.77. The minimum absolute atomic E-state index is 0.0571. The fraction of sp³-hybridized carbons (Fsp3) is 0.500. The monoisotopic (exact) mass is 273 g/mol. The molecule has 0 spiro atoms. The lowest BCUT2D eigenvalue weighted by Gasteiger charge is -2.45. The molecule has 0 N–H and O–H groups in total. The minimum atomic E-state index is -0.162. The van der Waals surface area contributed by atoms with Crippen molar-refractivity contribution in [2.75, 3.05) is 6.54 Å². The molecule has 4 nitrogen and oxygen atoms in total. The number of hydrogen-bond acceptors (Lipinski definition) is 3. The molecule has 0 radical (unpaired) electrons. The second-order valence-electron chi connectivity index (χ2n) is 5.78. The summed E-state index contributed by atoms with van der Waals surface area (Å²) in [6, 6.07) is 10.2. The molecule has 3 rings (SSSR count). The summed E-state index contributed by atoms with van der Waals surface area (Å²) >= 11 is 0. The first-order valence-electron chi connectivity index (χ1n) is 7.17. The molecule has 2 saturated heterocycles. The standard InChI is InChI=1S/C16H19NO3/c18-12-20-14-7-9-17-15(19)6-8-16(17,11-14)10-13-4-2-1-3-5-13/h1-5,12,14H,6-11H2/t14-,16+/m1/s1. The molecule has 0 aliphatic carbocycles. The third-order valence-corrected chi connectivity index (χ3v) is 4.58. The van der Waals surface area contributed by atoms with E-state index < -0.39 is 0 Å². The van der Waals surface area contributed by atoms with E-state index in [9.17, 15) is 9.59 Å². The molecule has 1 aromatic rings. The van der Waals surface area contributed by atoms with Crippen molar-refractivity contribution < 1.29 is 14.3 Å². The normalized spacial score (nSPS) is 29.1. The van der Waals surface area contributed by atoms with Crippen molar-refractivity contribution in [2.45, 2.75) is 43.7 Å². The Hall–Kier alpha value is -1.84. The maximum Gasteiger partial charge on any atom is 0.293 e. The molecule has 106 valence electrons. The van der Waals surface area contributed by atoms with E-state index in [0.717, 1.165) is 25.7 Å². The molecule has 0 bridgehead atoms. The van der Waals surface area contributed by atoms with Gasteiger partial charge in [-0.1, -0.05) is 30.3 Å². The third-order valence-electron chi connectivity index (χ3n) is 4.58. The largest absolute Gasteiger partial charge is 0.464 e. The number of carbonyl (C=O) groups excluding carboxylic acids is 2. The quantitative estimate of drug-likeness (QED) is 0.787. The van der Waals surface area contributed by atoms with Gasteiger partial charge < -0.3 is 9.64 Å². The molecule has 0 saturated carbocycles. The molecule has 2 aliphatic heterocycles. The van der Waals surface area contributed by atoms with Crippen LogP contribution in [0.5, 0.6) is 0 Å². The van der Waals surface area contributed by atoms with E-state index in [0.29, 0.717) is 19.4 Å². The van der Waals surface area contributed by atoms with Crippen molar-refractivity contribution in [2.24, 2.45) is 0 Å². The van der Waals surface area contributed by atoms with Crippen molar-refractivity contribution in [1.29, 1.82) is 0 Å². The van der Waals surface area contributed by atoms with Gasteiger partial charge in [-0.15, -0.1) is 0 Å². The lowest BCUT2D eigenvalue weighted by atomic mass is 9.80. The van der Waals surface area contributed by atoms with Crippen molar-refractivity contribution in [3.05, 3.63) is 35.9 Å². The molecule has 2 aliphatic rings. The summed E-state index contributed by atoms with van der Waals surface area (Å²) < 4.78 is 5.17. The summed E-state index contributed by atoms with van der Waals surface area (Å²) in [4.78, 5) is 24.7. The molecule has 1 amide bonds. The molecule has 0 aromatic heterocycles. The Bertz CT molecular complexity index is 502. The number of fused-ring (bicyclic) bond motifs is 1. The van der Waals surface area contributed by atoms with Crippen LogP contribution in [0.1, 0.15) is 31.2 Å². The van der Waals surface area contributed by atoms with E-state index in [2.05, 4.69) is 12.1 Å². The zero-order valence-electron chi connectivity index (χ0n) is 11.5. The third kappa shape index (κ3) is 2.30. The van der Waals surface area contributed by atoms with E-state index in [4.69, 9.17) is 4.74 Å². The van der Waals surface area contributed by atoms with Crippen LogP contribution >= 0.6 is 0 Å². The highest BCUT2D eigenvalue weighted by atomic mass is 16.5. The topological polar surface area (TPSA) is 46.6 Å². The van der Waals surface area contributed by atoms with E-state index in [-0.39, 0.29) is 17.6 Å². The van der Waals surface area contributed by atoms with Crippen LogP contribution in [0.4, 0.5) is 0 Å². The van der Waals surface area contributed by atoms with Crippen LogP contribution in [0.3, 0.4) is 0 Å². The van der Waals surface area contributed by atoms with Gasteiger partial charge in [0.05, 0.1) is 5.54 Å². The zero-order valence-corrected chi connectivity index (χ0v) is 11.5. The number of benzene rings is 1. The van der Waals surface area contributed by atoms with Crippen molar-refractivity contribution >= 4 is 12.4 Å². The maximum absolute atomic E-state index is 12.1. The molecule has 4 heteroatoms. The van der Waals surface area contributed by atoms with Crippen LogP contribution in [0.15, 0.2) is 30.3 Å². The van der Waals surface area contributed by atoms with Crippen LogP contribution in [0.2, 0.25) is 0 Å². The van der Waals surface area contributed by atoms with Crippen molar-refractivity contribution in [3.8, 4) is 0 Å². The first-order chi connectivity index (χ1) is 9.73. The molecule has 2 fully saturated rings. The van der Waals surface area contributed by atoms with Gasteiger partial charge in [-0.05, 0) is 18.4 Å². The number of nitrogens with zero attached hydrogens (tertiary/aromatic N) is 1. The van der Waals surface area contributed by atoms with Gasteiger partial charge in [0.1, 0.15) is 6.10 Å². The van der Waals surface area contributed by atoms with Crippen molar-refractivity contribution in [3.63, 3.8) is 0 Å². The first kappa shape index (κ1) is 13.2. The zero-order chi connectivity index (χ0) is 14.0. The Balaban J connectivity index is 1.84. The number of carbonyl (C=O) groups is 2. The van der Waals surface area contributed by atoms with Gasteiger partial charge in [-0.2, -0.15) is 0 Å². The number of piperidine rings is 1. The van der Waals surface area contributed by atoms with E-state index in [1.54, 1.807) is 0 Å². The van der Waals surface area contributed by atoms with Crippen LogP contribution < -0.4 is 0 Å². The summed E-state index contributed by atoms with van der Waals surface area (Å²) in [7, 11) is 0. The van der Waals surface area contributed by atoms with Gasteiger partial charge in [0, 0.05) is 25.8 Å². The Morgan fingerprint density at radius 1 is 1.35 bits per heavy atom. The Morgan fingerprint density at radius 3 is 2.90 bits per heavy atom. The fourth-order valence-electron chi connectivity index (χ4n) is 3.67. The number of amides is 1. The average Bonchev–Trinajstić information content (AvgIpc) is 2.77. The second-order valence-corrected chi connectivity index (χ2v) is 5.78. The van der Waals surface area contributed by atoms with Gasteiger partial charge in [0.15, 0.2) is 0 Å². The maximum atomic E-state index is 12.1. The van der Waals surface area contributed by atoms with Crippen molar-refractivity contribution in [1.82, 2.24) is 4.90 Å². The van der Waals surface area contributed by atoms with E-state index >= 15 is 0 Å². The number of ether oxygens (including phenoxy) is 1. The summed E-state index contributed by atoms with van der Waals surface area (Å²) in [5.74, 6) is 0.241. The highest BCUT2D eigenvalue weighted by Gasteiger charge is 2.49. The van der Waals surface area contributed by atoms with Crippen LogP contribution in [0.25, 0.3) is 0 Å². The highest BCUT2D eigenvalue weighted by molar-refractivity contribution is 5.80. The summed E-state index contributed by atoms with van der Waals surface area (Å²) in [6.45, 7) is 1.23. The van der Waals surface area contributed by atoms with Crippen LogP contribution in [-0.2, 0) is 20.7 Å². The SMILES string of the molecule is O=CO[C@@H]1CCN2C(=O)CC[C@]2(Cc2ccccc2)C1. The van der Waals surface area contributed by atoms with Gasteiger partial charge >= 0.3 is 0 Å². The number of rotatable bonds is 4. The number of hydrogen-bond donors (Lipinski definition) is 0.